The van der Waals surface area contributed by atoms with Crippen molar-refractivity contribution in [3.63, 3.8) is 0 Å². The molecule has 0 amide bonds. The van der Waals surface area contributed by atoms with Crippen molar-refractivity contribution in [1.29, 1.82) is 0 Å². The molecule has 0 radical (unpaired) electrons. The van der Waals surface area contributed by atoms with Crippen LogP contribution in [0.5, 0.6) is 0 Å². The van der Waals surface area contributed by atoms with Gasteiger partial charge in [0.15, 0.2) is 5.82 Å². The van der Waals surface area contributed by atoms with Crippen LogP contribution in [-0.4, -0.2) is 43.2 Å². The van der Waals surface area contributed by atoms with Gasteiger partial charge in [-0.1, -0.05) is 0 Å². The van der Waals surface area contributed by atoms with Crippen LogP contribution in [0.25, 0.3) is 22.3 Å². The molecule has 0 aliphatic heterocycles. The Hall–Kier alpha value is -3.30. The number of aliphatic carboxylic acids is 1. The zero-order chi connectivity index (χ0) is 18.7. The molecule has 2 N–H and O–H groups in total. The number of pyridine rings is 2. The minimum atomic E-state index is -4.76. The molecule has 26 heavy (non-hydrogen) atoms. The number of nitrogens with zero attached hydrogens (tertiary/aromatic N) is 4. The van der Waals surface area contributed by atoms with Crippen molar-refractivity contribution < 1.29 is 23.1 Å². The van der Waals surface area contributed by atoms with Crippen LogP contribution < -0.4 is 5.32 Å². The summed E-state index contributed by atoms with van der Waals surface area (Å²) in [6, 6.07) is 2.39. The molecule has 1 unspecified atom stereocenters. The molecule has 0 aliphatic carbocycles. The standard InChI is InChI=1S/C16H12F3N5O2/c17-16(18,19)12(7-13(25)26)23-15-10-3-6-21-8-11(10)22-14(24-15)9-1-4-20-5-2-9/h1-6,8,12H,7H2,(H,25,26)(H,22,23,24). The van der Waals surface area contributed by atoms with Gasteiger partial charge in [0.25, 0.3) is 0 Å². The SMILES string of the molecule is O=C(O)CC(Nc1nc(-c2ccncc2)nc2cnccc12)C(F)(F)F. The molecule has 0 fully saturated rings. The second-order valence-corrected chi connectivity index (χ2v) is 5.36. The fourth-order valence-electron chi connectivity index (χ4n) is 2.31. The zero-order valence-corrected chi connectivity index (χ0v) is 13.1. The number of alkyl halides is 3. The van der Waals surface area contributed by atoms with E-state index in [-0.39, 0.29) is 11.6 Å². The molecule has 3 aromatic heterocycles. The van der Waals surface area contributed by atoms with Crippen LogP contribution in [0.3, 0.4) is 0 Å². The number of carbonyl (C=O) groups is 1. The molecule has 3 heterocycles. The number of aromatic nitrogens is 4. The topological polar surface area (TPSA) is 101 Å². The molecule has 3 aromatic rings. The number of carboxylic acid groups (broad SMARTS) is 1. The Bertz CT molecular complexity index is 934. The van der Waals surface area contributed by atoms with Crippen molar-refractivity contribution in [3.05, 3.63) is 43.0 Å². The Morgan fingerprint density at radius 1 is 1.12 bits per heavy atom. The van der Waals surface area contributed by atoms with E-state index >= 15 is 0 Å². The van der Waals surface area contributed by atoms with E-state index in [0.717, 1.165) is 0 Å². The van der Waals surface area contributed by atoms with Gasteiger partial charge in [-0.25, -0.2) is 9.97 Å². The number of hydrogen-bond donors (Lipinski definition) is 2. The average molecular weight is 363 g/mol. The van der Waals surface area contributed by atoms with E-state index in [1.54, 1.807) is 12.1 Å². The van der Waals surface area contributed by atoms with Gasteiger partial charge in [0.1, 0.15) is 11.9 Å². The number of carboxylic acids is 1. The molecule has 10 heteroatoms. The van der Waals surface area contributed by atoms with Gasteiger partial charge in [0.2, 0.25) is 0 Å². The minimum Gasteiger partial charge on any atom is -0.481 e. The van der Waals surface area contributed by atoms with E-state index in [1.165, 1.54) is 30.9 Å². The maximum absolute atomic E-state index is 13.2. The van der Waals surface area contributed by atoms with Crippen molar-refractivity contribution in [2.24, 2.45) is 0 Å². The Morgan fingerprint density at radius 3 is 2.46 bits per heavy atom. The van der Waals surface area contributed by atoms with Crippen LogP contribution in [0.2, 0.25) is 0 Å². The first-order chi connectivity index (χ1) is 12.3. The summed E-state index contributed by atoms with van der Waals surface area (Å²) in [5.74, 6) is -1.52. The largest absolute Gasteiger partial charge is 0.481 e. The zero-order valence-electron chi connectivity index (χ0n) is 13.1. The number of anilines is 1. The van der Waals surface area contributed by atoms with E-state index in [4.69, 9.17) is 5.11 Å². The molecule has 0 spiro atoms. The van der Waals surface area contributed by atoms with E-state index in [2.05, 4.69) is 25.3 Å². The highest BCUT2D eigenvalue weighted by atomic mass is 19.4. The van der Waals surface area contributed by atoms with Gasteiger partial charge in [-0.05, 0) is 18.2 Å². The lowest BCUT2D eigenvalue weighted by molar-refractivity contribution is -0.157. The van der Waals surface area contributed by atoms with Crippen LogP contribution in [0.15, 0.2) is 43.0 Å². The molecule has 7 nitrogen and oxygen atoms in total. The number of hydrogen-bond acceptors (Lipinski definition) is 6. The van der Waals surface area contributed by atoms with Crippen LogP contribution >= 0.6 is 0 Å². The quantitative estimate of drug-likeness (QED) is 0.719. The van der Waals surface area contributed by atoms with Crippen molar-refractivity contribution in [2.45, 2.75) is 18.6 Å². The number of rotatable bonds is 5. The number of halogens is 3. The molecule has 0 saturated carbocycles. The normalized spacial score (nSPS) is 12.7. The lowest BCUT2D eigenvalue weighted by atomic mass is 10.1. The number of nitrogens with one attached hydrogen (secondary N) is 1. The highest BCUT2D eigenvalue weighted by molar-refractivity contribution is 5.90. The fourth-order valence-corrected chi connectivity index (χ4v) is 2.31. The Kier molecular flexibility index (Phi) is 4.65. The van der Waals surface area contributed by atoms with E-state index in [0.29, 0.717) is 16.5 Å². The summed E-state index contributed by atoms with van der Waals surface area (Å²) in [5, 5.41) is 11.3. The summed E-state index contributed by atoms with van der Waals surface area (Å²) < 4.78 is 39.6. The van der Waals surface area contributed by atoms with Gasteiger partial charge in [0, 0.05) is 29.5 Å². The summed E-state index contributed by atoms with van der Waals surface area (Å²) in [5.41, 5.74) is 0.878. The van der Waals surface area contributed by atoms with Crippen molar-refractivity contribution >= 4 is 22.7 Å². The van der Waals surface area contributed by atoms with Crippen LogP contribution in [0.1, 0.15) is 6.42 Å². The van der Waals surface area contributed by atoms with Gasteiger partial charge in [0.05, 0.1) is 18.1 Å². The monoisotopic (exact) mass is 363 g/mol. The maximum Gasteiger partial charge on any atom is 0.409 e. The molecule has 0 bridgehead atoms. The Labute approximate surface area is 145 Å². The first-order valence-electron chi connectivity index (χ1n) is 7.42. The summed E-state index contributed by atoms with van der Waals surface area (Å²) in [7, 11) is 0. The van der Waals surface area contributed by atoms with Gasteiger partial charge in [-0.15, -0.1) is 0 Å². The van der Waals surface area contributed by atoms with Crippen LogP contribution in [0, 0.1) is 0 Å². The number of fused-ring (bicyclic) bond motifs is 1. The summed E-state index contributed by atoms with van der Waals surface area (Å²) in [6.45, 7) is 0. The molecule has 134 valence electrons. The van der Waals surface area contributed by atoms with E-state index < -0.39 is 24.6 Å². The second-order valence-electron chi connectivity index (χ2n) is 5.36. The first-order valence-corrected chi connectivity index (χ1v) is 7.42. The third-order valence-corrected chi connectivity index (χ3v) is 3.52. The van der Waals surface area contributed by atoms with Gasteiger partial charge < -0.3 is 10.4 Å². The third-order valence-electron chi connectivity index (χ3n) is 3.52. The van der Waals surface area contributed by atoms with Crippen molar-refractivity contribution in [3.8, 4) is 11.4 Å². The van der Waals surface area contributed by atoms with Crippen LogP contribution in [0.4, 0.5) is 19.0 Å². The third kappa shape index (κ3) is 3.85. The molecule has 1 atom stereocenters. The molecule has 0 saturated heterocycles. The van der Waals surface area contributed by atoms with Crippen LogP contribution in [-0.2, 0) is 4.79 Å². The molecule has 0 aliphatic rings. The van der Waals surface area contributed by atoms with Gasteiger partial charge in [-0.2, -0.15) is 13.2 Å². The lowest BCUT2D eigenvalue weighted by Gasteiger charge is -2.21. The van der Waals surface area contributed by atoms with Gasteiger partial charge in [-0.3, -0.25) is 14.8 Å². The highest BCUT2D eigenvalue weighted by Gasteiger charge is 2.41. The summed E-state index contributed by atoms with van der Waals surface area (Å²) in [6.07, 6.45) is -0.107. The minimum absolute atomic E-state index is 0.118. The lowest BCUT2D eigenvalue weighted by Crippen LogP contribution is -2.38. The van der Waals surface area contributed by atoms with E-state index in [9.17, 15) is 18.0 Å². The molecule has 0 aromatic carbocycles. The molecular formula is C16H12F3N5O2. The molecular weight excluding hydrogens is 351 g/mol. The summed E-state index contributed by atoms with van der Waals surface area (Å²) >= 11 is 0. The predicted molar refractivity (Wildman–Crippen MR) is 86.3 cm³/mol. The predicted octanol–water partition coefficient (Wildman–Crippen LogP) is 2.90. The van der Waals surface area contributed by atoms with Crippen molar-refractivity contribution in [1.82, 2.24) is 19.9 Å². The first kappa shape index (κ1) is 17.5. The Balaban J connectivity index is 2.10. The van der Waals surface area contributed by atoms with Crippen molar-refractivity contribution in [2.75, 3.05) is 5.32 Å². The van der Waals surface area contributed by atoms with E-state index in [1.807, 2.05) is 0 Å². The Morgan fingerprint density at radius 2 is 1.81 bits per heavy atom. The smallest absolute Gasteiger partial charge is 0.409 e. The van der Waals surface area contributed by atoms with Gasteiger partial charge >= 0.3 is 12.1 Å². The molecule has 3 rings (SSSR count). The highest BCUT2D eigenvalue weighted by Crippen LogP contribution is 2.29. The maximum atomic E-state index is 13.2. The fraction of sp³-hybridized carbons (Fsp3) is 0.188. The summed E-state index contributed by atoms with van der Waals surface area (Å²) in [4.78, 5) is 27.1. The average Bonchev–Trinajstić information content (AvgIpc) is 2.60. The second kappa shape index (κ2) is 6.90.